The highest BCUT2D eigenvalue weighted by Crippen LogP contribution is 2.21. The molecule has 1 heterocycles. The van der Waals surface area contributed by atoms with Gasteiger partial charge in [-0.05, 0) is 36.8 Å². The summed E-state index contributed by atoms with van der Waals surface area (Å²) < 4.78 is 0. The Morgan fingerprint density at radius 1 is 1.33 bits per heavy atom. The molecule has 0 fully saturated rings. The molecule has 0 aromatic carbocycles. The normalized spacial score (nSPS) is 9.08. The zero-order chi connectivity index (χ0) is 9.56. The van der Waals surface area contributed by atoms with E-state index < -0.39 is 0 Å². The molecule has 0 N–H and O–H groups in total. The monoisotopic (exact) mass is 408 g/mol. The molecule has 1 aromatic heterocycles. The maximum atomic E-state index is 2.29. The Morgan fingerprint density at radius 3 is 2.25 bits per heavy atom. The molecule has 0 atom stereocenters. The number of hydrogen-bond donors (Lipinski definition) is 0. The molecule has 12 heavy (non-hydrogen) atoms. The van der Waals surface area contributed by atoms with Gasteiger partial charge in [-0.1, -0.05) is 13.3 Å². The summed E-state index contributed by atoms with van der Waals surface area (Å²) in [7, 11) is 0. The first kappa shape index (κ1) is 13.2. The standard InChI is InChI=1S/C9H14S.I2/c1-4-5-9-6-10-8(3)7(9)2;1-2/h6H,4-5H2,1-3H3;. The Kier molecular flexibility index (Phi) is 8.28. The van der Waals surface area contributed by atoms with Crippen LogP contribution >= 0.6 is 48.6 Å². The molecule has 3 heteroatoms. The summed E-state index contributed by atoms with van der Waals surface area (Å²) in [6.45, 7) is 6.64. The van der Waals surface area contributed by atoms with Crippen molar-refractivity contribution in [1.82, 2.24) is 0 Å². The van der Waals surface area contributed by atoms with E-state index in [-0.39, 0.29) is 0 Å². The summed E-state index contributed by atoms with van der Waals surface area (Å²) in [5, 5.41) is 2.29. The van der Waals surface area contributed by atoms with E-state index >= 15 is 0 Å². The third-order valence-electron chi connectivity index (χ3n) is 1.91. The first-order chi connectivity index (χ1) is 5.75. The molecule has 0 aliphatic heterocycles. The Bertz CT molecular complexity index is 218. The Labute approximate surface area is 102 Å². The van der Waals surface area contributed by atoms with Gasteiger partial charge < -0.3 is 0 Å². The van der Waals surface area contributed by atoms with Gasteiger partial charge in [0.25, 0.3) is 0 Å². The van der Waals surface area contributed by atoms with Crippen molar-refractivity contribution in [2.75, 3.05) is 0 Å². The van der Waals surface area contributed by atoms with Gasteiger partial charge in [0, 0.05) is 42.1 Å². The smallest absolute Gasteiger partial charge is 0.00462 e. The Morgan fingerprint density at radius 2 is 1.92 bits per heavy atom. The van der Waals surface area contributed by atoms with Crippen molar-refractivity contribution in [2.45, 2.75) is 33.6 Å². The summed E-state index contributed by atoms with van der Waals surface area (Å²) in [5.74, 6) is 0. The molecule has 0 spiro atoms. The minimum atomic E-state index is 1.25. The topological polar surface area (TPSA) is 0 Å². The highest BCUT2D eigenvalue weighted by molar-refractivity contribution is 15.0. The van der Waals surface area contributed by atoms with Gasteiger partial charge in [0.05, 0.1) is 0 Å². The van der Waals surface area contributed by atoms with E-state index in [4.69, 9.17) is 0 Å². The minimum absolute atomic E-state index is 1.25. The average Bonchev–Trinajstić information content (AvgIpc) is 2.41. The van der Waals surface area contributed by atoms with E-state index in [0.29, 0.717) is 0 Å². The molecule has 1 aromatic rings. The van der Waals surface area contributed by atoms with Crippen LogP contribution in [0.25, 0.3) is 0 Å². The van der Waals surface area contributed by atoms with Crippen LogP contribution in [0.1, 0.15) is 29.3 Å². The van der Waals surface area contributed by atoms with E-state index in [1.165, 1.54) is 23.3 Å². The lowest BCUT2D eigenvalue weighted by Crippen LogP contribution is -1.82. The summed E-state index contributed by atoms with van der Waals surface area (Å²) in [4.78, 5) is 1.48. The van der Waals surface area contributed by atoms with Crippen molar-refractivity contribution in [3.05, 3.63) is 21.4 Å². The maximum absolute atomic E-state index is 2.29. The van der Waals surface area contributed by atoms with Crippen LogP contribution in [0.15, 0.2) is 5.38 Å². The largest absolute Gasteiger partial charge is 0.149 e. The second kappa shape index (κ2) is 7.55. The fourth-order valence-corrected chi connectivity index (χ4v) is 2.00. The van der Waals surface area contributed by atoms with Crippen LogP contribution in [0.3, 0.4) is 0 Å². The third kappa shape index (κ3) is 3.91. The van der Waals surface area contributed by atoms with Gasteiger partial charge in [0.1, 0.15) is 0 Å². The van der Waals surface area contributed by atoms with Crippen molar-refractivity contribution in [2.24, 2.45) is 0 Å². The average molecular weight is 408 g/mol. The molecular formula is C9H14I2S. The molecule has 0 saturated carbocycles. The highest BCUT2D eigenvalue weighted by atomic mass is 128. The van der Waals surface area contributed by atoms with Crippen LogP contribution in [0.2, 0.25) is 0 Å². The maximum Gasteiger partial charge on any atom is 0.00462 e. The molecule has 0 bridgehead atoms. The van der Waals surface area contributed by atoms with Gasteiger partial charge in [0.2, 0.25) is 0 Å². The van der Waals surface area contributed by atoms with Gasteiger partial charge in [-0.25, -0.2) is 0 Å². The third-order valence-corrected chi connectivity index (χ3v) is 2.97. The van der Waals surface area contributed by atoms with Crippen molar-refractivity contribution in [3.8, 4) is 0 Å². The first-order valence-corrected chi connectivity index (χ1v) is 11.1. The lowest BCUT2D eigenvalue weighted by Gasteiger charge is -1.95. The molecule has 0 unspecified atom stereocenters. The van der Waals surface area contributed by atoms with Crippen LogP contribution in [0.4, 0.5) is 0 Å². The predicted octanol–water partition coefficient (Wildman–Crippen LogP) is 5.09. The van der Waals surface area contributed by atoms with E-state index in [1.54, 1.807) is 5.56 Å². The van der Waals surface area contributed by atoms with Crippen LogP contribution in [-0.4, -0.2) is 0 Å². The summed E-state index contributed by atoms with van der Waals surface area (Å²) in [5.41, 5.74) is 3.05. The van der Waals surface area contributed by atoms with Crippen molar-refractivity contribution in [1.29, 1.82) is 0 Å². The quantitative estimate of drug-likeness (QED) is 0.599. The van der Waals surface area contributed by atoms with Crippen molar-refractivity contribution < 1.29 is 0 Å². The highest BCUT2D eigenvalue weighted by Gasteiger charge is 2.00. The summed E-state index contributed by atoms with van der Waals surface area (Å²) in [6, 6.07) is 0. The molecule has 1 rings (SSSR count). The second-order valence-electron chi connectivity index (χ2n) is 2.69. The van der Waals surface area contributed by atoms with Crippen LogP contribution in [-0.2, 0) is 6.42 Å². The van der Waals surface area contributed by atoms with Crippen molar-refractivity contribution >= 4 is 48.6 Å². The zero-order valence-electron chi connectivity index (χ0n) is 7.66. The zero-order valence-corrected chi connectivity index (χ0v) is 12.8. The fraction of sp³-hybridized carbons (Fsp3) is 0.556. The summed E-state index contributed by atoms with van der Waals surface area (Å²) >= 11 is 6.11. The van der Waals surface area contributed by atoms with Gasteiger partial charge in [-0.3, -0.25) is 0 Å². The van der Waals surface area contributed by atoms with Gasteiger partial charge in [-0.15, -0.1) is 11.3 Å². The number of thiophene rings is 1. The Hall–Kier alpha value is 1.16. The molecule has 0 aliphatic rings. The number of aryl methyl sites for hydroxylation is 2. The lowest BCUT2D eigenvalue weighted by atomic mass is 10.1. The molecule has 0 aliphatic carbocycles. The molecule has 70 valence electrons. The SMILES string of the molecule is CCCc1csc(C)c1C.II. The molecular weight excluding hydrogens is 394 g/mol. The van der Waals surface area contributed by atoms with E-state index in [9.17, 15) is 0 Å². The van der Waals surface area contributed by atoms with Crippen LogP contribution < -0.4 is 0 Å². The van der Waals surface area contributed by atoms with E-state index in [0.717, 1.165) is 0 Å². The summed E-state index contributed by atoms with van der Waals surface area (Å²) in [6.07, 6.45) is 2.51. The second-order valence-corrected chi connectivity index (χ2v) is 3.78. The number of hydrogen-bond acceptors (Lipinski definition) is 1. The molecule has 0 amide bonds. The van der Waals surface area contributed by atoms with Gasteiger partial charge in [0.15, 0.2) is 0 Å². The Balaban J connectivity index is 0.000000561. The fourth-order valence-electron chi connectivity index (χ4n) is 1.08. The minimum Gasteiger partial charge on any atom is -0.149 e. The number of rotatable bonds is 2. The lowest BCUT2D eigenvalue weighted by molar-refractivity contribution is 0.917. The first-order valence-electron chi connectivity index (χ1n) is 3.93. The van der Waals surface area contributed by atoms with Crippen LogP contribution in [0, 0.1) is 13.8 Å². The van der Waals surface area contributed by atoms with Gasteiger partial charge in [-0.2, -0.15) is 0 Å². The molecule has 0 radical (unpaired) electrons. The van der Waals surface area contributed by atoms with Gasteiger partial charge >= 0.3 is 0 Å². The molecule has 0 nitrogen and oxygen atoms in total. The molecule has 0 saturated heterocycles. The predicted molar refractivity (Wildman–Crippen MR) is 75.8 cm³/mol. The van der Waals surface area contributed by atoms with Crippen LogP contribution in [0.5, 0.6) is 0 Å². The van der Waals surface area contributed by atoms with E-state index in [2.05, 4.69) is 63.4 Å². The van der Waals surface area contributed by atoms with E-state index in [1.807, 2.05) is 11.3 Å². The van der Waals surface area contributed by atoms with Crippen molar-refractivity contribution in [3.63, 3.8) is 0 Å². The number of halogens is 2.